The Balaban J connectivity index is 0.00000220. The first kappa shape index (κ1) is 18.1. The van der Waals surface area contributed by atoms with Crippen LogP contribution in [0.4, 0.5) is 0 Å². The molecule has 2 rings (SSSR count). The first-order valence-electron chi connectivity index (χ1n) is 6.95. The zero-order valence-corrected chi connectivity index (χ0v) is 13.9. The Kier molecular flexibility index (Phi) is 7.29. The van der Waals surface area contributed by atoms with E-state index in [1.807, 2.05) is 13.0 Å². The van der Waals surface area contributed by atoms with Crippen LogP contribution < -0.4 is 15.4 Å². The molecule has 1 aliphatic heterocycles. The van der Waals surface area contributed by atoms with E-state index in [9.17, 15) is 4.79 Å². The third-order valence-corrected chi connectivity index (χ3v) is 4.10. The Morgan fingerprint density at radius 3 is 2.95 bits per heavy atom. The minimum Gasteiger partial charge on any atom is -0.484 e. The Morgan fingerprint density at radius 1 is 1.52 bits per heavy atom. The molecule has 0 saturated carbocycles. The van der Waals surface area contributed by atoms with Crippen molar-refractivity contribution >= 4 is 29.9 Å². The summed E-state index contributed by atoms with van der Waals surface area (Å²) in [7, 11) is 0. The highest BCUT2D eigenvalue weighted by Crippen LogP contribution is 2.20. The van der Waals surface area contributed by atoms with Gasteiger partial charge in [-0.1, -0.05) is 18.5 Å². The number of piperidine rings is 1. The van der Waals surface area contributed by atoms with Gasteiger partial charge in [-0.05, 0) is 49.6 Å². The van der Waals surface area contributed by atoms with Crippen LogP contribution in [-0.2, 0) is 4.79 Å². The van der Waals surface area contributed by atoms with Crippen LogP contribution in [0.25, 0.3) is 0 Å². The Morgan fingerprint density at radius 2 is 2.29 bits per heavy atom. The van der Waals surface area contributed by atoms with E-state index >= 15 is 0 Å². The van der Waals surface area contributed by atoms with Crippen LogP contribution >= 0.6 is 24.0 Å². The summed E-state index contributed by atoms with van der Waals surface area (Å²) in [5.74, 6) is 1.08. The molecule has 1 heterocycles. The standard InChI is InChI=1S/C15H21ClN2O2.ClH/c1-10-5-6-17-8-14(10)18-15(19)9-20-12-3-4-13(16)11(2)7-12;/h3-4,7,10,14,17H,5-6,8-9H2,1-2H3,(H,18,19);1H. The fraction of sp³-hybridized carbons (Fsp3) is 0.533. The molecule has 0 aliphatic carbocycles. The molecule has 0 radical (unpaired) electrons. The minimum absolute atomic E-state index is 0. The van der Waals surface area contributed by atoms with Crippen molar-refractivity contribution in [3.05, 3.63) is 28.8 Å². The van der Waals surface area contributed by atoms with E-state index in [1.165, 1.54) is 0 Å². The van der Waals surface area contributed by atoms with E-state index < -0.39 is 0 Å². The fourth-order valence-electron chi connectivity index (χ4n) is 2.29. The van der Waals surface area contributed by atoms with Crippen molar-refractivity contribution in [3.63, 3.8) is 0 Å². The fourth-order valence-corrected chi connectivity index (χ4v) is 2.40. The van der Waals surface area contributed by atoms with E-state index in [2.05, 4.69) is 17.6 Å². The van der Waals surface area contributed by atoms with Crippen molar-refractivity contribution in [1.82, 2.24) is 10.6 Å². The molecule has 4 nitrogen and oxygen atoms in total. The van der Waals surface area contributed by atoms with Crippen molar-refractivity contribution < 1.29 is 9.53 Å². The van der Waals surface area contributed by atoms with E-state index in [4.69, 9.17) is 16.3 Å². The van der Waals surface area contributed by atoms with E-state index in [0.29, 0.717) is 16.7 Å². The van der Waals surface area contributed by atoms with Gasteiger partial charge in [0.15, 0.2) is 6.61 Å². The summed E-state index contributed by atoms with van der Waals surface area (Å²) in [6.07, 6.45) is 1.09. The van der Waals surface area contributed by atoms with Crippen LogP contribution in [-0.4, -0.2) is 31.6 Å². The van der Waals surface area contributed by atoms with Crippen molar-refractivity contribution in [2.24, 2.45) is 5.92 Å². The Bertz CT molecular complexity index is 483. The van der Waals surface area contributed by atoms with Crippen molar-refractivity contribution in [2.75, 3.05) is 19.7 Å². The largest absolute Gasteiger partial charge is 0.484 e. The average Bonchev–Trinajstić information content (AvgIpc) is 2.43. The molecule has 0 bridgehead atoms. The van der Waals surface area contributed by atoms with Gasteiger partial charge in [-0.3, -0.25) is 4.79 Å². The molecule has 0 aromatic heterocycles. The molecule has 1 aromatic carbocycles. The van der Waals surface area contributed by atoms with E-state index in [1.54, 1.807) is 12.1 Å². The molecule has 1 saturated heterocycles. The van der Waals surface area contributed by atoms with Gasteiger partial charge in [0.1, 0.15) is 5.75 Å². The third-order valence-electron chi connectivity index (χ3n) is 3.67. The van der Waals surface area contributed by atoms with Crippen LogP contribution in [0.2, 0.25) is 5.02 Å². The number of carbonyl (C=O) groups is 1. The number of ether oxygens (including phenoxy) is 1. The summed E-state index contributed by atoms with van der Waals surface area (Å²) in [5.41, 5.74) is 0.940. The summed E-state index contributed by atoms with van der Waals surface area (Å²) < 4.78 is 5.49. The predicted octanol–water partition coefficient (Wildman–Crippen LogP) is 2.56. The molecule has 118 valence electrons. The molecule has 0 spiro atoms. The zero-order valence-electron chi connectivity index (χ0n) is 12.3. The maximum atomic E-state index is 11.9. The highest BCUT2D eigenvalue weighted by molar-refractivity contribution is 6.31. The molecule has 21 heavy (non-hydrogen) atoms. The molecular formula is C15H22Cl2N2O2. The highest BCUT2D eigenvalue weighted by atomic mass is 35.5. The van der Waals surface area contributed by atoms with Gasteiger partial charge in [0.25, 0.3) is 5.91 Å². The molecule has 2 N–H and O–H groups in total. The maximum absolute atomic E-state index is 11.9. The summed E-state index contributed by atoms with van der Waals surface area (Å²) in [6.45, 7) is 5.95. The second-order valence-electron chi connectivity index (χ2n) is 5.34. The van der Waals surface area contributed by atoms with Gasteiger partial charge in [-0.15, -0.1) is 12.4 Å². The summed E-state index contributed by atoms with van der Waals surface area (Å²) in [6, 6.07) is 5.57. The van der Waals surface area contributed by atoms with Crippen LogP contribution in [0.5, 0.6) is 5.75 Å². The average molecular weight is 333 g/mol. The molecule has 2 unspecified atom stereocenters. The smallest absolute Gasteiger partial charge is 0.258 e. The second-order valence-corrected chi connectivity index (χ2v) is 5.75. The number of hydrogen-bond acceptors (Lipinski definition) is 3. The van der Waals surface area contributed by atoms with Crippen molar-refractivity contribution in [3.8, 4) is 5.75 Å². The lowest BCUT2D eigenvalue weighted by Crippen LogP contribution is -2.51. The molecule has 1 aliphatic rings. The predicted molar refractivity (Wildman–Crippen MR) is 87.5 cm³/mol. The summed E-state index contributed by atoms with van der Waals surface area (Å²) >= 11 is 5.95. The summed E-state index contributed by atoms with van der Waals surface area (Å²) in [4.78, 5) is 11.9. The van der Waals surface area contributed by atoms with Gasteiger partial charge in [-0.2, -0.15) is 0 Å². The minimum atomic E-state index is -0.0850. The number of nitrogens with one attached hydrogen (secondary N) is 2. The number of hydrogen-bond donors (Lipinski definition) is 2. The SMILES string of the molecule is Cc1cc(OCC(=O)NC2CNCCC2C)ccc1Cl.Cl. The number of halogens is 2. The lowest BCUT2D eigenvalue weighted by molar-refractivity contribution is -0.124. The second kappa shape index (κ2) is 8.47. The summed E-state index contributed by atoms with van der Waals surface area (Å²) in [5, 5.41) is 7.00. The Hall–Kier alpha value is -0.970. The van der Waals surface area contributed by atoms with Gasteiger partial charge in [0, 0.05) is 17.6 Å². The van der Waals surface area contributed by atoms with Crippen LogP contribution in [0.1, 0.15) is 18.9 Å². The van der Waals surface area contributed by atoms with Crippen molar-refractivity contribution in [2.45, 2.75) is 26.3 Å². The van der Waals surface area contributed by atoms with Crippen LogP contribution in [0.15, 0.2) is 18.2 Å². The van der Waals surface area contributed by atoms with Gasteiger partial charge >= 0.3 is 0 Å². The topological polar surface area (TPSA) is 50.4 Å². The lowest BCUT2D eigenvalue weighted by atomic mass is 9.95. The molecular weight excluding hydrogens is 311 g/mol. The zero-order chi connectivity index (χ0) is 14.5. The lowest BCUT2D eigenvalue weighted by Gasteiger charge is -2.30. The number of aryl methyl sites for hydroxylation is 1. The first-order valence-corrected chi connectivity index (χ1v) is 7.33. The van der Waals surface area contributed by atoms with Gasteiger partial charge in [-0.25, -0.2) is 0 Å². The monoisotopic (exact) mass is 332 g/mol. The maximum Gasteiger partial charge on any atom is 0.258 e. The molecule has 1 aromatic rings. The number of benzene rings is 1. The molecule has 1 amide bonds. The van der Waals surface area contributed by atoms with Crippen LogP contribution in [0, 0.1) is 12.8 Å². The van der Waals surface area contributed by atoms with Gasteiger partial charge < -0.3 is 15.4 Å². The Labute approximate surface area is 137 Å². The van der Waals surface area contributed by atoms with Crippen molar-refractivity contribution in [1.29, 1.82) is 0 Å². The van der Waals surface area contributed by atoms with Gasteiger partial charge in [0.2, 0.25) is 0 Å². The molecule has 2 atom stereocenters. The van der Waals surface area contributed by atoms with Gasteiger partial charge in [0.05, 0.1) is 0 Å². The number of rotatable bonds is 4. The quantitative estimate of drug-likeness (QED) is 0.890. The number of amides is 1. The van der Waals surface area contributed by atoms with E-state index in [0.717, 1.165) is 25.1 Å². The molecule has 6 heteroatoms. The van der Waals surface area contributed by atoms with E-state index in [-0.39, 0.29) is 31.0 Å². The third kappa shape index (κ3) is 5.38. The number of carbonyl (C=O) groups excluding carboxylic acids is 1. The highest BCUT2D eigenvalue weighted by Gasteiger charge is 2.22. The van der Waals surface area contributed by atoms with Crippen LogP contribution in [0.3, 0.4) is 0 Å². The molecule has 1 fully saturated rings. The normalized spacial score (nSPS) is 21.3. The first-order chi connectivity index (χ1) is 9.56.